The van der Waals surface area contributed by atoms with Crippen molar-refractivity contribution >= 4 is 22.1 Å². The first-order chi connectivity index (χ1) is 12.3. The number of benzene rings is 1. The molecule has 0 unspecified atom stereocenters. The lowest BCUT2D eigenvalue weighted by Gasteiger charge is -2.19. The summed E-state index contributed by atoms with van der Waals surface area (Å²) in [7, 11) is 0. The molecular weight excluding hydrogens is 320 g/mol. The van der Waals surface area contributed by atoms with Gasteiger partial charge in [0, 0.05) is 28.2 Å². The summed E-state index contributed by atoms with van der Waals surface area (Å²) in [4.78, 5) is 9.33. The second-order valence-electron chi connectivity index (χ2n) is 8.21. The number of hydrogen-bond acceptors (Lipinski definition) is 3. The maximum Gasteiger partial charge on any atom is 0.227 e. The van der Waals surface area contributed by atoms with E-state index < -0.39 is 0 Å². The second-order valence-corrected chi connectivity index (χ2v) is 8.21. The van der Waals surface area contributed by atoms with E-state index in [1.807, 2.05) is 6.20 Å². The molecule has 0 aliphatic rings. The van der Waals surface area contributed by atoms with Gasteiger partial charge in [-0.15, -0.1) is 0 Å². The summed E-state index contributed by atoms with van der Waals surface area (Å²) in [6, 6.07) is 14.7. The number of pyridine rings is 2. The third-order valence-electron chi connectivity index (χ3n) is 4.88. The quantitative estimate of drug-likeness (QED) is 0.418. The van der Waals surface area contributed by atoms with Crippen LogP contribution in [0.2, 0.25) is 0 Å². The minimum absolute atomic E-state index is 0.0766. The first kappa shape index (κ1) is 16.8. The van der Waals surface area contributed by atoms with E-state index in [1.165, 1.54) is 5.56 Å². The molecule has 1 aromatic carbocycles. The monoisotopic (exact) mass is 344 g/mol. The van der Waals surface area contributed by atoms with Crippen LogP contribution in [-0.2, 0) is 5.41 Å². The van der Waals surface area contributed by atoms with Gasteiger partial charge in [-0.1, -0.05) is 46.8 Å². The van der Waals surface area contributed by atoms with E-state index in [4.69, 9.17) is 9.40 Å². The molecule has 0 amide bonds. The first-order valence-corrected chi connectivity index (χ1v) is 9.13. The molecular formula is C23H24N2O. The lowest BCUT2D eigenvalue weighted by atomic mass is 9.87. The van der Waals surface area contributed by atoms with Crippen molar-refractivity contribution in [1.82, 2.24) is 9.97 Å². The average Bonchev–Trinajstić information content (AvgIpc) is 2.98. The van der Waals surface area contributed by atoms with Gasteiger partial charge in [0.25, 0.3) is 0 Å². The molecule has 3 heterocycles. The van der Waals surface area contributed by atoms with Gasteiger partial charge in [0.2, 0.25) is 5.71 Å². The molecule has 3 heteroatoms. The smallest absolute Gasteiger partial charge is 0.227 e. The van der Waals surface area contributed by atoms with E-state index in [1.54, 1.807) is 0 Å². The van der Waals surface area contributed by atoms with Gasteiger partial charge in [-0.2, -0.15) is 0 Å². The van der Waals surface area contributed by atoms with Gasteiger partial charge in [0.15, 0.2) is 0 Å². The highest BCUT2D eigenvalue weighted by Gasteiger charge is 2.18. The molecule has 0 aliphatic carbocycles. The summed E-state index contributed by atoms with van der Waals surface area (Å²) in [6.45, 7) is 10.9. The summed E-state index contributed by atoms with van der Waals surface area (Å²) in [5, 5.41) is 2.14. The van der Waals surface area contributed by atoms with Crippen LogP contribution in [0.5, 0.6) is 0 Å². The third-order valence-corrected chi connectivity index (χ3v) is 4.88. The summed E-state index contributed by atoms with van der Waals surface area (Å²) < 4.78 is 6.20. The fraction of sp³-hybridized carbons (Fsp3) is 0.304. The Morgan fingerprint density at radius 3 is 2.50 bits per heavy atom. The van der Waals surface area contributed by atoms with Crippen LogP contribution in [0.25, 0.3) is 33.3 Å². The highest BCUT2D eigenvalue weighted by atomic mass is 16.3. The third kappa shape index (κ3) is 2.78. The molecule has 4 rings (SSSR count). The lowest BCUT2D eigenvalue weighted by molar-refractivity contribution is 0.589. The Hall–Kier alpha value is -2.68. The van der Waals surface area contributed by atoms with Gasteiger partial charge in [-0.05, 0) is 47.2 Å². The van der Waals surface area contributed by atoms with E-state index in [0.29, 0.717) is 11.6 Å². The summed E-state index contributed by atoms with van der Waals surface area (Å²) in [6.07, 6.45) is 1.88. The van der Waals surface area contributed by atoms with Crippen molar-refractivity contribution < 1.29 is 4.42 Å². The molecule has 0 aliphatic heterocycles. The zero-order valence-corrected chi connectivity index (χ0v) is 16.0. The number of para-hydroxylation sites is 1. The van der Waals surface area contributed by atoms with Gasteiger partial charge < -0.3 is 4.42 Å². The Labute approximate surface area is 154 Å². The summed E-state index contributed by atoms with van der Waals surface area (Å²) in [5.74, 6) is 0.372. The van der Waals surface area contributed by atoms with Crippen LogP contribution >= 0.6 is 0 Å². The van der Waals surface area contributed by atoms with Gasteiger partial charge in [0.05, 0.1) is 5.69 Å². The molecule has 0 spiro atoms. The predicted octanol–water partition coefficient (Wildman–Crippen LogP) is 6.46. The fourth-order valence-electron chi connectivity index (χ4n) is 3.26. The molecule has 0 radical (unpaired) electrons. The van der Waals surface area contributed by atoms with E-state index in [0.717, 1.165) is 33.3 Å². The number of rotatable bonds is 2. The SMILES string of the molecule is CC(C)c1ccc2c(n1)oc1c(-c3cc(C(C)(C)C)ccn3)cccc12. The van der Waals surface area contributed by atoms with Gasteiger partial charge in [0.1, 0.15) is 5.58 Å². The van der Waals surface area contributed by atoms with Crippen LogP contribution in [0.15, 0.2) is 53.1 Å². The molecule has 0 saturated carbocycles. The zero-order chi connectivity index (χ0) is 18.5. The Morgan fingerprint density at radius 1 is 0.962 bits per heavy atom. The van der Waals surface area contributed by atoms with Crippen molar-refractivity contribution in [2.24, 2.45) is 0 Å². The maximum absolute atomic E-state index is 6.20. The molecule has 0 N–H and O–H groups in total. The molecule has 0 saturated heterocycles. The van der Waals surface area contributed by atoms with E-state index in [-0.39, 0.29) is 5.41 Å². The van der Waals surface area contributed by atoms with Gasteiger partial charge in [-0.3, -0.25) is 4.98 Å². The maximum atomic E-state index is 6.20. The number of nitrogens with zero attached hydrogens (tertiary/aromatic N) is 2. The topological polar surface area (TPSA) is 38.9 Å². The molecule has 0 fully saturated rings. The molecule has 26 heavy (non-hydrogen) atoms. The van der Waals surface area contributed by atoms with Gasteiger partial charge >= 0.3 is 0 Å². The Balaban J connectivity index is 1.95. The molecule has 3 nitrogen and oxygen atoms in total. The molecule has 0 bridgehead atoms. The van der Waals surface area contributed by atoms with E-state index in [9.17, 15) is 0 Å². The summed E-state index contributed by atoms with van der Waals surface area (Å²) >= 11 is 0. The number of aromatic nitrogens is 2. The molecule has 4 aromatic rings. The zero-order valence-electron chi connectivity index (χ0n) is 16.0. The minimum atomic E-state index is 0.0766. The Bertz CT molecular complexity index is 1100. The Kier molecular flexibility index (Phi) is 3.83. The van der Waals surface area contributed by atoms with Crippen LogP contribution in [0.4, 0.5) is 0 Å². The molecule has 0 atom stereocenters. The lowest BCUT2D eigenvalue weighted by Crippen LogP contribution is -2.11. The minimum Gasteiger partial charge on any atom is -0.437 e. The van der Waals surface area contributed by atoms with Crippen molar-refractivity contribution in [2.45, 2.75) is 46.0 Å². The number of hydrogen-bond donors (Lipinski definition) is 0. The van der Waals surface area contributed by atoms with Crippen LogP contribution in [0, 0.1) is 0 Å². The Morgan fingerprint density at radius 2 is 1.77 bits per heavy atom. The normalized spacial score (nSPS) is 12.4. The first-order valence-electron chi connectivity index (χ1n) is 9.13. The average molecular weight is 344 g/mol. The highest BCUT2D eigenvalue weighted by molar-refractivity contribution is 6.08. The highest BCUT2D eigenvalue weighted by Crippen LogP contribution is 2.36. The van der Waals surface area contributed by atoms with Crippen LogP contribution < -0.4 is 0 Å². The van der Waals surface area contributed by atoms with Crippen molar-refractivity contribution in [1.29, 1.82) is 0 Å². The standard InChI is InChI=1S/C23H24N2O/c1-14(2)19-10-9-17-16-7-6-8-18(21(16)26-22(17)25-19)20-13-15(11-12-24-20)23(3,4)5/h6-14H,1-5H3. The number of fused-ring (bicyclic) bond motifs is 3. The predicted molar refractivity (Wildman–Crippen MR) is 108 cm³/mol. The van der Waals surface area contributed by atoms with E-state index >= 15 is 0 Å². The molecule has 3 aromatic heterocycles. The van der Waals surface area contributed by atoms with Crippen LogP contribution in [0.3, 0.4) is 0 Å². The largest absolute Gasteiger partial charge is 0.437 e. The summed E-state index contributed by atoms with van der Waals surface area (Å²) in [5.41, 5.74) is 5.89. The van der Waals surface area contributed by atoms with E-state index in [2.05, 4.69) is 82.1 Å². The van der Waals surface area contributed by atoms with Crippen molar-refractivity contribution in [3.05, 3.63) is 59.9 Å². The fourth-order valence-corrected chi connectivity index (χ4v) is 3.26. The van der Waals surface area contributed by atoms with Gasteiger partial charge in [-0.25, -0.2) is 4.98 Å². The van der Waals surface area contributed by atoms with Crippen LogP contribution in [0.1, 0.15) is 51.8 Å². The van der Waals surface area contributed by atoms with Crippen molar-refractivity contribution in [3.8, 4) is 11.3 Å². The van der Waals surface area contributed by atoms with Crippen LogP contribution in [-0.4, -0.2) is 9.97 Å². The van der Waals surface area contributed by atoms with Crippen molar-refractivity contribution in [2.75, 3.05) is 0 Å². The second kappa shape index (κ2) is 5.94. The van der Waals surface area contributed by atoms with Crippen molar-refractivity contribution in [3.63, 3.8) is 0 Å². The number of furan rings is 1. The molecule has 132 valence electrons.